The van der Waals surface area contributed by atoms with Crippen LogP contribution in [0.5, 0.6) is 5.75 Å². The van der Waals surface area contributed by atoms with Crippen LogP contribution in [0.4, 0.5) is 9.18 Å². The van der Waals surface area contributed by atoms with Crippen molar-refractivity contribution in [1.29, 1.82) is 0 Å². The Kier molecular flexibility index (Phi) is 6.40. The third-order valence-corrected chi connectivity index (χ3v) is 3.82. The van der Waals surface area contributed by atoms with Crippen molar-refractivity contribution >= 4 is 6.09 Å². The predicted octanol–water partition coefficient (Wildman–Crippen LogP) is 3.76. The van der Waals surface area contributed by atoms with Crippen molar-refractivity contribution in [2.45, 2.75) is 58.1 Å². The number of alkyl halides is 1. The number of rotatable bonds is 6. The van der Waals surface area contributed by atoms with Gasteiger partial charge in [0.25, 0.3) is 0 Å². The Balaban J connectivity index is 1.89. The van der Waals surface area contributed by atoms with Crippen LogP contribution in [0, 0.1) is 0 Å². The van der Waals surface area contributed by atoms with E-state index in [1.807, 2.05) is 26.8 Å². The van der Waals surface area contributed by atoms with Crippen molar-refractivity contribution in [3.05, 3.63) is 24.0 Å². The van der Waals surface area contributed by atoms with Gasteiger partial charge in [-0.15, -0.1) is 0 Å². The Labute approximate surface area is 143 Å². The molecule has 1 fully saturated rings. The highest BCUT2D eigenvalue weighted by atomic mass is 19.1. The predicted molar refractivity (Wildman–Crippen MR) is 90.0 cm³/mol. The minimum absolute atomic E-state index is 0.00866. The molecule has 0 N–H and O–H groups in total. The summed E-state index contributed by atoms with van der Waals surface area (Å²) >= 11 is 0. The molecule has 0 unspecified atom stereocenters. The molecule has 134 valence electrons. The summed E-state index contributed by atoms with van der Waals surface area (Å²) in [7, 11) is 0. The Morgan fingerprint density at radius 2 is 2.21 bits per heavy atom. The maximum absolute atomic E-state index is 12.3. The van der Waals surface area contributed by atoms with Gasteiger partial charge in [-0.2, -0.15) is 0 Å². The summed E-state index contributed by atoms with van der Waals surface area (Å²) < 4.78 is 23.5. The van der Waals surface area contributed by atoms with E-state index in [1.54, 1.807) is 17.3 Å². The summed E-state index contributed by atoms with van der Waals surface area (Å²) in [5.41, 5.74) is 0.459. The molecule has 1 aliphatic heterocycles. The number of hydrogen-bond donors (Lipinski definition) is 0. The van der Waals surface area contributed by atoms with Crippen LogP contribution in [0.2, 0.25) is 0 Å². The molecule has 1 aliphatic rings. The van der Waals surface area contributed by atoms with Crippen LogP contribution in [0.15, 0.2) is 18.5 Å². The van der Waals surface area contributed by atoms with Gasteiger partial charge in [0.1, 0.15) is 18.0 Å². The number of carbonyl (C=O) groups excluding carboxylic acids is 1. The molecule has 0 saturated carbocycles. The fourth-order valence-electron chi connectivity index (χ4n) is 2.71. The number of aryl methyl sites for hydroxylation is 1. The molecule has 5 nitrogen and oxygen atoms in total. The van der Waals surface area contributed by atoms with Gasteiger partial charge in [0.2, 0.25) is 0 Å². The van der Waals surface area contributed by atoms with Gasteiger partial charge in [-0.05, 0) is 58.1 Å². The third kappa shape index (κ3) is 5.65. The zero-order chi connectivity index (χ0) is 17.6. The number of pyridine rings is 1. The van der Waals surface area contributed by atoms with Crippen molar-refractivity contribution in [1.82, 2.24) is 9.88 Å². The van der Waals surface area contributed by atoms with Gasteiger partial charge in [0, 0.05) is 12.7 Å². The summed E-state index contributed by atoms with van der Waals surface area (Å²) in [5, 5.41) is 0. The van der Waals surface area contributed by atoms with E-state index in [9.17, 15) is 9.18 Å². The molecule has 0 bridgehead atoms. The van der Waals surface area contributed by atoms with Crippen molar-refractivity contribution in [3.8, 4) is 5.75 Å². The van der Waals surface area contributed by atoms with E-state index in [1.165, 1.54) is 0 Å². The number of carbonyl (C=O) groups is 1. The SMILES string of the molecule is CC(C)(C)OC(=O)N1CCC[C@H]1COc1cncc(CCCF)c1. The topological polar surface area (TPSA) is 51.7 Å². The number of nitrogens with zero attached hydrogens (tertiary/aromatic N) is 2. The first-order valence-electron chi connectivity index (χ1n) is 8.51. The highest BCUT2D eigenvalue weighted by molar-refractivity contribution is 5.69. The van der Waals surface area contributed by atoms with Gasteiger partial charge in [-0.3, -0.25) is 9.37 Å². The molecular weight excluding hydrogens is 311 g/mol. The quantitative estimate of drug-likeness (QED) is 0.792. The van der Waals surface area contributed by atoms with Crippen molar-refractivity contribution in [2.75, 3.05) is 19.8 Å². The Morgan fingerprint density at radius 3 is 2.92 bits per heavy atom. The molecule has 2 rings (SSSR count). The van der Waals surface area contributed by atoms with Crippen LogP contribution in [0.25, 0.3) is 0 Å². The smallest absolute Gasteiger partial charge is 0.410 e. The van der Waals surface area contributed by atoms with Crippen LogP contribution in [-0.2, 0) is 11.2 Å². The number of ether oxygens (including phenoxy) is 2. The normalized spacial score (nSPS) is 17.8. The molecular formula is C18H27FN2O3. The van der Waals surface area contributed by atoms with Crippen LogP contribution in [0.3, 0.4) is 0 Å². The molecule has 0 aromatic carbocycles. The summed E-state index contributed by atoms with van der Waals surface area (Å²) in [6, 6.07) is 1.89. The minimum atomic E-state index is -0.500. The zero-order valence-electron chi connectivity index (χ0n) is 14.8. The molecule has 1 saturated heterocycles. The lowest BCUT2D eigenvalue weighted by molar-refractivity contribution is 0.0187. The zero-order valence-corrected chi connectivity index (χ0v) is 14.8. The molecule has 1 aromatic rings. The lowest BCUT2D eigenvalue weighted by Crippen LogP contribution is -2.42. The van der Waals surface area contributed by atoms with Crippen molar-refractivity contribution in [2.24, 2.45) is 0 Å². The van der Waals surface area contributed by atoms with Gasteiger partial charge in [0.15, 0.2) is 0 Å². The summed E-state index contributed by atoms with van der Waals surface area (Å²) in [5.74, 6) is 0.655. The largest absolute Gasteiger partial charge is 0.490 e. The lowest BCUT2D eigenvalue weighted by atomic mass is 10.2. The molecule has 1 amide bonds. The fourth-order valence-corrected chi connectivity index (χ4v) is 2.71. The Hall–Kier alpha value is -1.85. The number of halogens is 1. The second-order valence-corrected chi connectivity index (χ2v) is 7.10. The summed E-state index contributed by atoms with van der Waals surface area (Å²) in [6.45, 7) is 6.35. The molecule has 1 aromatic heterocycles. The second-order valence-electron chi connectivity index (χ2n) is 7.10. The van der Waals surface area contributed by atoms with E-state index >= 15 is 0 Å². The Bertz CT molecular complexity index is 545. The van der Waals surface area contributed by atoms with Crippen LogP contribution in [0.1, 0.15) is 45.6 Å². The van der Waals surface area contributed by atoms with Gasteiger partial charge >= 0.3 is 6.09 Å². The summed E-state index contributed by atoms with van der Waals surface area (Å²) in [6.07, 6.45) is 6.06. The maximum Gasteiger partial charge on any atom is 0.410 e. The average molecular weight is 338 g/mol. The van der Waals surface area contributed by atoms with E-state index in [4.69, 9.17) is 9.47 Å². The molecule has 24 heavy (non-hydrogen) atoms. The first-order chi connectivity index (χ1) is 11.4. The van der Waals surface area contributed by atoms with E-state index in [0.29, 0.717) is 31.7 Å². The minimum Gasteiger partial charge on any atom is -0.490 e. The maximum atomic E-state index is 12.3. The van der Waals surface area contributed by atoms with Crippen molar-refractivity contribution < 1.29 is 18.7 Å². The van der Waals surface area contributed by atoms with Crippen LogP contribution < -0.4 is 4.74 Å². The lowest BCUT2D eigenvalue weighted by Gasteiger charge is -2.28. The Morgan fingerprint density at radius 1 is 1.42 bits per heavy atom. The first kappa shape index (κ1) is 18.5. The number of amides is 1. The monoisotopic (exact) mass is 338 g/mol. The number of likely N-dealkylation sites (tertiary alicyclic amines) is 1. The van der Waals surface area contributed by atoms with Crippen LogP contribution in [-0.4, -0.2) is 47.4 Å². The molecule has 0 spiro atoms. The fraction of sp³-hybridized carbons (Fsp3) is 0.667. The number of hydrogen-bond acceptors (Lipinski definition) is 4. The molecule has 2 heterocycles. The van der Waals surface area contributed by atoms with E-state index in [0.717, 1.165) is 18.4 Å². The average Bonchev–Trinajstić information content (AvgIpc) is 2.98. The highest BCUT2D eigenvalue weighted by Crippen LogP contribution is 2.22. The standard InChI is InChI=1S/C18H27FN2O3/c1-18(2,3)24-17(22)21-9-5-7-15(21)13-23-16-10-14(6-4-8-19)11-20-12-16/h10-12,15H,4-9,13H2,1-3H3/t15-/m0/s1. The van der Waals surface area contributed by atoms with Gasteiger partial charge in [-0.1, -0.05) is 0 Å². The number of aromatic nitrogens is 1. The third-order valence-electron chi connectivity index (χ3n) is 3.82. The highest BCUT2D eigenvalue weighted by Gasteiger charge is 2.32. The van der Waals surface area contributed by atoms with Crippen LogP contribution >= 0.6 is 0 Å². The second kappa shape index (κ2) is 8.31. The summed E-state index contributed by atoms with van der Waals surface area (Å²) in [4.78, 5) is 18.1. The van der Waals surface area contributed by atoms with Gasteiger partial charge < -0.3 is 14.4 Å². The van der Waals surface area contributed by atoms with E-state index in [-0.39, 0.29) is 18.8 Å². The van der Waals surface area contributed by atoms with Gasteiger partial charge in [-0.25, -0.2) is 4.79 Å². The van der Waals surface area contributed by atoms with Crippen molar-refractivity contribution in [3.63, 3.8) is 0 Å². The molecule has 0 radical (unpaired) electrons. The molecule has 1 atom stereocenters. The van der Waals surface area contributed by atoms with E-state index < -0.39 is 5.60 Å². The molecule has 6 heteroatoms. The molecule has 0 aliphatic carbocycles. The first-order valence-corrected chi connectivity index (χ1v) is 8.51. The van der Waals surface area contributed by atoms with E-state index in [2.05, 4.69) is 4.98 Å². The van der Waals surface area contributed by atoms with Gasteiger partial charge in [0.05, 0.1) is 18.9 Å².